The number of alkyl halides is 3. The summed E-state index contributed by atoms with van der Waals surface area (Å²) in [5, 5.41) is 10.2. The molecule has 0 fully saturated rings. The number of fused-ring (bicyclic) bond motifs is 1. The van der Waals surface area contributed by atoms with Crippen molar-refractivity contribution in [2.75, 3.05) is 0 Å². The van der Waals surface area contributed by atoms with Gasteiger partial charge in [0, 0.05) is 24.1 Å². The summed E-state index contributed by atoms with van der Waals surface area (Å²) in [6, 6.07) is 10.1. The fraction of sp³-hybridized carbons (Fsp3) is 0.259. The molecule has 204 valence electrons. The van der Waals surface area contributed by atoms with Crippen molar-refractivity contribution in [2.24, 2.45) is 7.05 Å². The number of carboxylic acid groups (broad SMARTS) is 1. The van der Waals surface area contributed by atoms with Gasteiger partial charge in [-0.05, 0) is 68.6 Å². The van der Waals surface area contributed by atoms with E-state index in [0.29, 0.717) is 43.0 Å². The highest BCUT2D eigenvalue weighted by Gasteiger charge is 2.35. The number of hydrogen-bond donors (Lipinski definition) is 1. The van der Waals surface area contributed by atoms with E-state index in [4.69, 9.17) is 4.74 Å². The number of aryl methyl sites for hydroxylation is 1. The van der Waals surface area contributed by atoms with Crippen LogP contribution in [0.15, 0.2) is 64.2 Å². The summed E-state index contributed by atoms with van der Waals surface area (Å²) in [6.07, 6.45) is -5.35. The zero-order valence-electron chi connectivity index (χ0n) is 21.2. The highest BCUT2D eigenvalue weighted by atomic mass is 32.1. The van der Waals surface area contributed by atoms with Crippen molar-refractivity contribution in [1.82, 2.24) is 13.5 Å². The second-order valence-electron chi connectivity index (χ2n) is 9.19. The SMILES string of the molecule is C=C(C)CCC(Oc1ccc(C)cc1-c1nsc2ccc(-n3c(=O)cc(C(F)(F)F)n(C)c3=O)cc12)C(=O)O. The lowest BCUT2D eigenvalue weighted by molar-refractivity contribution is -0.145. The Morgan fingerprint density at radius 3 is 2.54 bits per heavy atom. The van der Waals surface area contributed by atoms with Crippen molar-refractivity contribution in [3.63, 3.8) is 0 Å². The highest BCUT2D eigenvalue weighted by molar-refractivity contribution is 7.13. The molecule has 1 unspecified atom stereocenters. The van der Waals surface area contributed by atoms with Gasteiger partial charge in [-0.25, -0.2) is 14.2 Å². The van der Waals surface area contributed by atoms with Gasteiger partial charge in [0.05, 0.1) is 16.1 Å². The maximum absolute atomic E-state index is 13.3. The molecule has 0 amide bonds. The molecule has 1 atom stereocenters. The Morgan fingerprint density at radius 2 is 1.90 bits per heavy atom. The molecule has 2 aromatic heterocycles. The molecule has 0 spiro atoms. The van der Waals surface area contributed by atoms with Crippen molar-refractivity contribution in [3.05, 3.63) is 86.7 Å². The number of allylic oxidation sites excluding steroid dienone is 1. The van der Waals surface area contributed by atoms with Crippen LogP contribution in [0.4, 0.5) is 13.2 Å². The summed E-state index contributed by atoms with van der Waals surface area (Å²) in [5.74, 6) is -0.861. The second-order valence-corrected chi connectivity index (χ2v) is 10.00. The van der Waals surface area contributed by atoms with E-state index in [2.05, 4.69) is 11.0 Å². The number of nitrogens with zero attached hydrogens (tertiary/aromatic N) is 3. The predicted molar refractivity (Wildman–Crippen MR) is 142 cm³/mol. The molecule has 0 aliphatic rings. The van der Waals surface area contributed by atoms with E-state index in [1.165, 1.54) is 12.1 Å². The van der Waals surface area contributed by atoms with Gasteiger partial charge >= 0.3 is 17.8 Å². The first-order valence-corrected chi connectivity index (χ1v) is 12.5. The Kier molecular flexibility index (Phi) is 7.51. The van der Waals surface area contributed by atoms with Gasteiger partial charge in [-0.2, -0.15) is 17.5 Å². The fourth-order valence-corrected chi connectivity index (χ4v) is 4.86. The van der Waals surface area contributed by atoms with E-state index in [9.17, 15) is 32.7 Å². The Bertz CT molecular complexity index is 1720. The first-order valence-electron chi connectivity index (χ1n) is 11.7. The summed E-state index contributed by atoms with van der Waals surface area (Å²) in [4.78, 5) is 37.3. The minimum Gasteiger partial charge on any atom is -0.479 e. The van der Waals surface area contributed by atoms with E-state index in [0.717, 1.165) is 29.7 Å². The van der Waals surface area contributed by atoms with Gasteiger partial charge in [-0.3, -0.25) is 9.36 Å². The number of carbonyl (C=O) groups is 1. The van der Waals surface area contributed by atoms with Gasteiger partial charge < -0.3 is 9.84 Å². The molecule has 2 aromatic carbocycles. The minimum absolute atomic E-state index is 0.0586. The third kappa shape index (κ3) is 5.65. The van der Waals surface area contributed by atoms with Crippen LogP contribution in [0.1, 0.15) is 31.0 Å². The molecule has 0 aliphatic carbocycles. The van der Waals surface area contributed by atoms with Crippen LogP contribution in [0, 0.1) is 6.92 Å². The second kappa shape index (κ2) is 10.5. The zero-order chi connectivity index (χ0) is 28.6. The Balaban J connectivity index is 1.85. The van der Waals surface area contributed by atoms with Gasteiger partial charge in [0.1, 0.15) is 11.4 Å². The molecule has 8 nitrogen and oxygen atoms in total. The molecular weight excluding hydrogens is 535 g/mol. The first kappa shape index (κ1) is 27.8. The molecule has 39 heavy (non-hydrogen) atoms. The summed E-state index contributed by atoms with van der Waals surface area (Å²) in [5.41, 5.74) is -1.01. The van der Waals surface area contributed by atoms with Crippen LogP contribution in [-0.4, -0.2) is 30.7 Å². The smallest absolute Gasteiger partial charge is 0.431 e. The molecule has 4 aromatic rings. The van der Waals surface area contributed by atoms with Gasteiger partial charge in [-0.1, -0.05) is 17.2 Å². The van der Waals surface area contributed by atoms with E-state index in [-0.39, 0.29) is 17.9 Å². The number of halogens is 3. The molecule has 1 N–H and O–H groups in total. The minimum atomic E-state index is -4.87. The molecule has 2 heterocycles. The van der Waals surface area contributed by atoms with E-state index in [1.54, 1.807) is 31.2 Å². The van der Waals surface area contributed by atoms with Crippen molar-refractivity contribution < 1.29 is 27.8 Å². The normalized spacial score (nSPS) is 12.5. The number of benzene rings is 2. The third-order valence-electron chi connectivity index (χ3n) is 6.09. The lowest BCUT2D eigenvalue weighted by atomic mass is 10.0. The largest absolute Gasteiger partial charge is 0.479 e. The topological polar surface area (TPSA) is 103 Å². The van der Waals surface area contributed by atoms with E-state index >= 15 is 0 Å². The van der Waals surface area contributed by atoms with E-state index < -0.39 is 35.2 Å². The average Bonchev–Trinajstić information content (AvgIpc) is 3.27. The number of hydrogen-bond acceptors (Lipinski definition) is 6. The van der Waals surface area contributed by atoms with Gasteiger partial charge in [-0.15, -0.1) is 6.58 Å². The van der Waals surface area contributed by atoms with Crippen molar-refractivity contribution >= 4 is 27.6 Å². The van der Waals surface area contributed by atoms with Gasteiger partial charge in [0.2, 0.25) is 0 Å². The fourth-order valence-electron chi connectivity index (χ4n) is 4.09. The van der Waals surface area contributed by atoms with Crippen LogP contribution >= 0.6 is 11.5 Å². The van der Waals surface area contributed by atoms with Crippen LogP contribution in [0.25, 0.3) is 27.0 Å². The monoisotopic (exact) mass is 559 g/mol. The number of rotatable bonds is 8. The summed E-state index contributed by atoms with van der Waals surface area (Å²) >= 11 is 1.13. The standard InChI is InChI=1S/C27H24F3N3O5S/c1-14(2)5-8-20(25(35)36)38-19-9-6-15(3)11-17(19)24-18-12-16(7-10-21(18)39-31-24)33-23(34)13-22(27(28,29)30)32(4)26(33)37/h6-7,9-13,20H,1,5,8H2,2-4H3,(H,35,36). The van der Waals surface area contributed by atoms with E-state index in [1.807, 2.05) is 6.92 Å². The van der Waals surface area contributed by atoms with Gasteiger partial charge in [0.15, 0.2) is 6.10 Å². The lowest BCUT2D eigenvalue weighted by Gasteiger charge is -2.18. The molecule has 0 bridgehead atoms. The lowest BCUT2D eigenvalue weighted by Crippen LogP contribution is -2.40. The molecule has 12 heteroatoms. The van der Waals surface area contributed by atoms with Crippen LogP contribution in [0.5, 0.6) is 5.75 Å². The number of ether oxygens (including phenoxy) is 1. The quantitative estimate of drug-likeness (QED) is 0.293. The zero-order valence-corrected chi connectivity index (χ0v) is 22.0. The van der Waals surface area contributed by atoms with Crippen molar-refractivity contribution in [2.45, 2.75) is 39.0 Å². The summed E-state index contributed by atoms with van der Waals surface area (Å²) in [6.45, 7) is 7.44. The Labute approximate surface area is 224 Å². The first-order chi connectivity index (χ1) is 18.3. The number of carboxylic acids is 1. The van der Waals surface area contributed by atoms with Crippen molar-refractivity contribution in [3.8, 4) is 22.7 Å². The predicted octanol–water partition coefficient (Wildman–Crippen LogP) is 5.33. The highest BCUT2D eigenvalue weighted by Crippen LogP contribution is 2.38. The summed E-state index contributed by atoms with van der Waals surface area (Å²) in [7, 11) is 0.945. The maximum Gasteiger partial charge on any atom is 0.431 e. The maximum atomic E-state index is 13.3. The average molecular weight is 560 g/mol. The molecule has 0 aliphatic heterocycles. The molecular formula is C27H24F3N3O5S. The van der Waals surface area contributed by atoms with Crippen LogP contribution < -0.4 is 16.0 Å². The molecule has 0 saturated heterocycles. The van der Waals surface area contributed by atoms with Crippen LogP contribution in [0.2, 0.25) is 0 Å². The molecule has 0 radical (unpaired) electrons. The van der Waals surface area contributed by atoms with Gasteiger partial charge in [0.25, 0.3) is 5.56 Å². The van der Waals surface area contributed by atoms with Crippen molar-refractivity contribution in [1.29, 1.82) is 0 Å². The Morgan fingerprint density at radius 1 is 1.18 bits per heavy atom. The number of aromatic nitrogens is 3. The Hall–Kier alpha value is -4.19. The summed E-state index contributed by atoms with van der Waals surface area (Å²) < 4.78 is 52.0. The number of aliphatic carboxylic acids is 1. The molecule has 4 rings (SSSR count). The van der Waals surface area contributed by atoms with Crippen LogP contribution in [-0.2, 0) is 18.0 Å². The van der Waals surface area contributed by atoms with Crippen LogP contribution in [0.3, 0.4) is 0 Å². The third-order valence-corrected chi connectivity index (χ3v) is 6.92. The molecule has 0 saturated carbocycles.